The van der Waals surface area contributed by atoms with Gasteiger partial charge in [-0.15, -0.1) is 6.58 Å². The largest absolute Gasteiger partial charge is 0.389 e. The van der Waals surface area contributed by atoms with Gasteiger partial charge in [-0.1, -0.05) is 45.3 Å². The van der Waals surface area contributed by atoms with Gasteiger partial charge in [0.25, 0.3) is 0 Å². The van der Waals surface area contributed by atoms with Crippen LogP contribution in [0.1, 0.15) is 65.7 Å². The predicted octanol–water partition coefficient (Wildman–Crippen LogP) is 4.87. The molecule has 5 atom stereocenters. The molecule has 1 N–H and O–H groups in total. The second kappa shape index (κ2) is 4.73. The van der Waals surface area contributed by atoms with Crippen LogP contribution in [0.5, 0.6) is 0 Å². The lowest BCUT2D eigenvalue weighted by molar-refractivity contribution is 0.0202. The molecule has 0 aromatic carbocycles. The molecule has 0 radical (unpaired) electrons. The van der Waals surface area contributed by atoms with Gasteiger partial charge in [0, 0.05) is 0 Å². The summed E-state index contributed by atoms with van der Waals surface area (Å²) in [5.41, 5.74) is 3.58. The van der Waals surface area contributed by atoms with Gasteiger partial charge in [-0.2, -0.15) is 0 Å². The number of rotatable bonds is 1. The van der Waals surface area contributed by atoms with Crippen molar-refractivity contribution in [3.8, 4) is 0 Å². The maximum atomic E-state index is 10.7. The van der Waals surface area contributed by atoms with Crippen LogP contribution in [0.3, 0.4) is 0 Å². The Morgan fingerprint density at radius 1 is 1.30 bits per heavy atom. The highest BCUT2D eigenvalue weighted by atomic mass is 16.3. The molecule has 0 aliphatic heterocycles. The summed E-state index contributed by atoms with van der Waals surface area (Å²) >= 11 is 0. The van der Waals surface area contributed by atoms with Gasteiger partial charge in [-0.25, -0.2) is 0 Å². The molecule has 20 heavy (non-hydrogen) atoms. The monoisotopic (exact) mass is 274 g/mol. The standard InChI is InChI=1S/C19H30O/c1-5-18(3)10-8-15-14(12-18)17(20)11-16-13(2)7-6-9-19(15,16)4/h5,13,16-17,20H,1,6-12H2,2-4H3/t13-,16+,17+,18-,19-/m1/s1. The zero-order valence-electron chi connectivity index (χ0n) is 13.4. The van der Waals surface area contributed by atoms with Crippen LogP contribution in [-0.4, -0.2) is 11.2 Å². The van der Waals surface area contributed by atoms with Gasteiger partial charge in [0.2, 0.25) is 0 Å². The highest BCUT2D eigenvalue weighted by molar-refractivity contribution is 5.34. The van der Waals surface area contributed by atoms with Gasteiger partial charge in [-0.05, 0) is 60.3 Å². The number of allylic oxidation sites excluding steroid dienone is 2. The third-order valence-electron chi connectivity index (χ3n) is 6.85. The Morgan fingerprint density at radius 2 is 2.05 bits per heavy atom. The Kier molecular flexibility index (Phi) is 3.40. The van der Waals surface area contributed by atoms with E-state index in [1.807, 2.05) is 0 Å². The molecule has 3 aliphatic rings. The zero-order valence-corrected chi connectivity index (χ0v) is 13.4. The lowest BCUT2D eigenvalue weighted by Gasteiger charge is -2.54. The number of hydrogen-bond acceptors (Lipinski definition) is 1. The van der Waals surface area contributed by atoms with Gasteiger partial charge in [0.05, 0.1) is 6.10 Å². The minimum Gasteiger partial charge on any atom is -0.389 e. The second-order valence-electron chi connectivity index (χ2n) is 8.18. The lowest BCUT2D eigenvalue weighted by Crippen LogP contribution is -2.46. The minimum absolute atomic E-state index is 0.191. The topological polar surface area (TPSA) is 20.2 Å². The van der Waals surface area contributed by atoms with Crippen molar-refractivity contribution in [1.29, 1.82) is 0 Å². The summed E-state index contributed by atoms with van der Waals surface area (Å²) in [6.45, 7) is 11.2. The van der Waals surface area contributed by atoms with E-state index >= 15 is 0 Å². The molecule has 1 nitrogen and oxygen atoms in total. The summed E-state index contributed by atoms with van der Waals surface area (Å²) in [6, 6.07) is 0. The van der Waals surface area contributed by atoms with Crippen molar-refractivity contribution in [3.63, 3.8) is 0 Å². The van der Waals surface area contributed by atoms with E-state index < -0.39 is 0 Å². The molecular formula is C19H30O. The fourth-order valence-corrected chi connectivity index (χ4v) is 5.40. The normalized spacial score (nSPS) is 48.5. The molecule has 3 rings (SSSR count). The summed E-state index contributed by atoms with van der Waals surface area (Å²) in [7, 11) is 0. The molecule has 0 spiro atoms. The molecule has 0 unspecified atom stereocenters. The first-order valence-electron chi connectivity index (χ1n) is 8.44. The molecule has 112 valence electrons. The van der Waals surface area contributed by atoms with Gasteiger partial charge >= 0.3 is 0 Å². The predicted molar refractivity (Wildman–Crippen MR) is 84.4 cm³/mol. The summed E-state index contributed by atoms with van der Waals surface area (Å²) < 4.78 is 0. The minimum atomic E-state index is -0.191. The van der Waals surface area contributed by atoms with Crippen molar-refractivity contribution in [3.05, 3.63) is 23.8 Å². The van der Waals surface area contributed by atoms with Crippen LogP contribution in [0.15, 0.2) is 23.8 Å². The van der Waals surface area contributed by atoms with E-state index in [4.69, 9.17) is 0 Å². The molecule has 1 fully saturated rings. The van der Waals surface area contributed by atoms with Crippen molar-refractivity contribution in [2.45, 2.75) is 71.8 Å². The fourth-order valence-electron chi connectivity index (χ4n) is 5.40. The van der Waals surface area contributed by atoms with Crippen molar-refractivity contribution < 1.29 is 5.11 Å². The van der Waals surface area contributed by atoms with Crippen molar-refractivity contribution in [1.82, 2.24) is 0 Å². The van der Waals surface area contributed by atoms with Crippen LogP contribution in [0, 0.1) is 22.7 Å². The van der Waals surface area contributed by atoms with Crippen molar-refractivity contribution >= 4 is 0 Å². The van der Waals surface area contributed by atoms with E-state index in [1.54, 1.807) is 5.57 Å². The number of aliphatic hydroxyl groups is 1. The molecule has 0 saturated heterocycles. The quantitative estimate of drug-likeness (QED) is 0.677. The summed E-state index contributed by atoms with van der Waals surface area (Å²) in [5, 5.41) is 10.7. The van der Waals surface area contributed by atoms with Gasteiger partial charge in [-0.3, -0.25) is 0 Å². The molecule has 0 aromatic rings. The average Bonchev–Trinajstić information content (AvgIpc) is 2.42. The maximum absolute atomic E-state index is 10.7. The lowest BCUT2D eigenvalue weighted by atomic mass is 9.51. The third-order valence-corrected chi connectivity index (χ3v) is 6.85. The van der Waals surface area contributed by atoms with Crippen LogP contribution < -0.4 is 0 Å². The van der Waals surface area contributed by atoms with Crippen molar-refractivity contribution in [2.75, 3.05) is 0 Å². The highest BCUT2D eigenvalue weighted by Crippen LogP contribution is 2.59. The molecule has 3 aliphatic carbocycles. The molecule has 0 amide bonds. The van der Waals surface area contributed by atoms with Crippen LogP contribution in [-0.2, 0) is 0 Å². The molecule has 0 heterocycles. The second-order valence-corrected chi connectivity index (χ2v) is 8.18. The fraction of sp³-hybridized carbons (Fsp3) is 0.789. The zero-order chi connectivity index (χ0) is 14.5. The Bertz CT molecular complexity index is 449. The van der Waals surface area contributed by atoms with Crippen LogP contribution in [0.25, 0.3) is 0 Å². The Balaban J connectivity index is 2.02. The van der Waals surface area contributed by atoms with Crippen LogP contribution in [0.2, 0.25) is 0 Å². The van der Waals surface area contributed by atoms with E-state index in [1.165, 1.54) is 37.7 Å². The number of hydrogen-bond donors (Lipinski definition) is 1. The first-order valence-corrected chi connectivity index (χ1v) is 8.44. The molecular weight excluding hydrogens is 244 g/mol. The number of aliphatic hydroxyl groups excluding tert-OH is 1. The van der Waals surface area contributed by atoms with Gasteiger partial charge in [0.15, 0.2) is 0 Å². The van der Waals surface area contributed by atoms with E-state index in [9.17, 15) is 5.11 Å². The maximum Gasteiger partial charge on any atom is 0.0756 e. The van der Waals surface area contributed by atoms with E-state index in [0.29, 0.717) is 11.3 Å². The molecule has 0 aromatic heterocycles. The Labute approximate surface area is 124 Å². The molecule has 1 saturated carbocycles. The van der Waals surface area contributed by atoms with E-state index in [-0.39, 0.29) is 11.5 Å². The first-order chi connectivity index (χ1) is 9.39. The van der Waals surface area contributed by atoms with Crippen LogP contribution >= 0.6 is 0 Å². The van der Waals surface area contributed by atoms with Gasteiger partial charge < -0.3 is 5.11 Å². The summed E-state index contributed by atoms with van der Waals surface area (Å²) in [4.78, 5) is 0. The molecule has 1 heteroatoms. The smallest absolute Gasteiger partial charge is 0.0756 e. The summed E-state index contributed by atoms with van der Waals surface area (Å²) in [5.74, 6) is 1.46. The first kappa shape index (κ1) is 14.4. The third kappa shape index (κ3) is 2.01. The molecule has 0 bridgehead atoms. The summed E-state index contributed by atoms with van der Waals surface area (Å²) in [6.07, 6.45) is 10.4. The Hall–Kier alpha value is -0.560. The van der Waals surface area contributed by atoms with Gasteiger partial charge in [0.1, 0.15) is 0 Å². The average molecular weight is 274 g/mol. The van der Waals surface area contributed by atoms with Crippen LogP contribution in [0.4, 0.5) is 0 Å². The van der Waals surface area contributed by atoms with E-state index in [0.717, 1.165) is 18.8 Å². The Morgan fingerprint density at radius 3 is 2.75 bits per heavy atom. The SMILES string of the molecule is C=C[C@]1(C)CCC2=C(C1)[C@@H](O)C[C@H]1[C@H](C)CCC[C@]21C. The van der Waals surface area contributed by atoms with E-state index in [2.05, 4.69) is 33.4 Å². The highest BCUT2D eigenvalue weighted by Gasteiger charge is 2.50. The number of fused-ring (bicyclic) bond motifs is 2. The van der Waals surface area contributed by atoms with Crippen molar-refractivity contribution in [2.24, 2.45) is 22.7 Å².